The van der Waals surface area contributed by atoms with Crippen LogP contribution >= 0.6 is 0 Å². The maximum Gasteiger partial charge on any atom is 0.302 e. The topological polar surface area (TPSA) is 74.3 Å². The van der Waals surface area contributed by atoms with Crippen LogP contribution < -0.4 is 10.0 Å². The van der Waals surface area contributed by atoms with E-state index in [9.17, 15) is 8.42 Å². The second-order valence-electron chi connectivity index (χ2n) is 5.45. The Morgan fingerprint density at radius 2 is 2.24 bits per heavy atom. The number of anilines is 1. The van der Waals surface area contributed by atoms with E-state index in [1.54, 1.807) is 12.1 Å². The number of hydrogen-bond acceptors (Lipinski definition) is 4. The molecule has 0 saturated carbocycles. The molecule has 0 amide bonds. The van der Waals surface area contributed by atoms with Crippen LogP contribution in [0.4, 0.5) is 5.82 Å². The van der Waals surface area contributed by atoms with Crippen molar-refractivity contribution >= 4 is 16.0 Å². The van der Waals surface area contributed by atoms with Crippen molar-refractivity contribution in [3.63, 3.8) is 0 Å². The van der Waals surface area contributed by atoms with Crippen molar-refractivity contribution < 1.29 is 8.42 Å². The highest BCUT2D eigenvalue weighted by molar-refractivity contribution is 7.90. The van der Waals surface area contributed by atoms with E-state index in [2.05, 4.69) is 21.9 Å². The number of nitrogens with zero attached hydrogens (tertiary/aromatic N) is 2. The van der Waals surface area contributed by atoms with E-state index in [0.29, 0.717) is 24.8 Å². The maximum absolute atomic E-state index is 12.4. The highest BCUT2D eigenvalue weighted by Gasteiger charge is 2.28. The van der Waals surface area contributed by atoms with Gasteiger partial charge in [-0.1, -0.05) is 13.0 Å². The average molecular weight is 312 g/mol. The molecule has 7 heteroatoms. The quantitative estimate of drug-likeness (QED) is 0.832. The van der Waals surface area contributed by atoms with Gasteiger partial charge in [-0.25, -0.2) is 4.98 Å². The van der Waals surface area contributed by atoms with Crippen molar-refractivity contribution in [1.29, 1.82) is 0 Å². The lowest BCUT2D eigenvalue weighted by Crippen LogP contribution is -2.45. The molecule has 6 nitrogen and oxygen atoms in total. The lowest BCUT2D eigenvalue weighted by Gasteiger charge is -2.32. The predicted molar refractivity (Wildman–Crippen MR) is 84.4 cm³/mol. The van der Waals surface area contributed by atoms with Gasteiger partial charge in [0.05, 0.1) is 0 Å². The van der Waals surface area contributed by atoms with E-state index >= 15 is 0 Å². The minimum Gasteiger partial charge on any atom is -0.317 e. The summed E-state index contributed by atoms with van der Waals surface area (Å²) in [6.45, 7) is 6.81. The lowest BCUT2D eigenvalue weighted by atomic mass is 10.00. The Balaban J connectivity index is 2.01. The molecule has 2 N–H and O–H groups in total. The Bertz CT molecular complexity index is 562. The highest BCUT2D eigenvalue weighted by atomic mass is 32.2. The molecule has 1 aliphatic heterocycles. The molecule has 0 aliphatic carbocycles. The largest absolute Gasteiger partial charge is 0.317 e. The van der Waals surface area contributed by atoms with Gasteiger partial charge < -0.3 is 5.32 Å². The Morgan fingerprint density at radius 1 is 1.43 bits per heavy atom. The molecule has 0 bridgehead atoms. The Kier molecular flexibility index (Phi) is 5.55. The smallest absolute Gasteiger partial charge is 0.302 e. The fourth-order valence-corrected chi connectivity index (χ4v) is 3.84. The van der Waals surface area contributed by atoms with Crippen LogP contribution in [0.25, 0.3) is 0 Å². The number of aryl methyl sites for hydroxylation is 1. The molecule has 2 heterocycles. The zero-order chi connectivity index (χ0) is 15.3. The van der Waals surface area contributed by atoms with Gasteiger partial charge in [-0.2, -0.15) is 12.7 Å². The summed E-state index contributed by atoms with van der Waals surface area (Å²) < 4.78 is 29.0. The summed E-state index contributed by atoms with van der Waals surface area (Å²) in [6, 6.07) is 5.31. The van der Waals surface area contributed by atoms with Crippen LogP contribution in [-0.4, -0.2) is 43.9 Å². The maximum atomic E-state index is 12.4. The number of nitrogens with one attached hydrogen (secondary N) is 2. The van der Waals surface area contributed by atoms with Crippen molar-refractivity contribution in [2.24, 2.45) is 5.92 Å². The Morgan fingerprint density at radius 3 is 2.95 bits per heavy atom. The highest BCUT2D eigenvalue weighted by Crippen LogP contribution is 2.19. The van der Waals surface area contributed by atoms with Crippen molar-refractivity contribution in [2.45, 2.75) is 26.7 Å². The van der Waals surface area contributed by atoms with Crippen LogP contribution in [0.2, 0.25) is 0 Å². The molecular formula is C14H24N4O2S. The lowest BCUT2D eigenvalue weighted by molar-refractivity contribution is 0.262. The van der Waals surface area contributed by atoms with Gasteiger partial charge in [0.15, 0.2) is 0 Å². The molecule has 1 unspecified atom stereocenters. The normalized spacial score (nSPS) is 20.4. The minimum absolute atomic E-state index is 0.376. The minimum atomic E-state index is -3.52. The van der Waals surface area contributed by atoms with Crippen LogP contribution in [0, 0.1) is 12.8 Å². The van der Waals surface area contributed by atoms with Crippen molar-refractivity contribution in [3.8, 4) is 0 Å². The van der Waals surface area contributed by atoms with Crippen LogP contribution in [-0.2, 0) is 10.2 Å². The van der Waals surface area contributed by atoms with Crippen molar-refractivity contribution in [3.05, 3.63) is 23.9 Å². The molecule has 2 rings (SSSR count). The van der Waals surface area contributed by atoms with Gasteiger partial charge in [0.25, 0.3) is 0 Å². The standard InChI is InChI=1S/C14H24N4O2S/c1-3-15-10-13-7-5-9-18(11-13)21(19,20)17-14-8-4-6-12(2)16-14/h4,6,8,13,15H,3,5,7,9-11H2,1-2H3,(H,16,17). The number of pyridine rings is 1. The monoisotopic (exact) mass is 312 g/mol. The van der Waals surface area contributed by atoms with Crippen LogP contribution in [0.3, 0.4) is 0 Å². The van der Waals surface area contributed by atoms with E-state index in [0.717, 1.165) is 31.6 Å². The zero-order valence-electron chi connectivity index (χ0n) is 12.7. The van der Waals surface area contributed by atoms with E-state index < -0.39 is 10.2 Å². The number of aromatic nitrogens is 1. The van der Waals surface area contributed by atoms with E-state index in [1.165, 1.54) is 4.31 Å². The number of piperidine rings is 1. The van der Waals surface area contributed by atoms with Gasteiger partial charge in [-0.05, 0) is 50.9 Å². The molecule has 1 aromatic rings. The van der Waals surface area contributed by atoms with E-state index in [-0.39, 0.29) is 0 Å². The first kappa shape index (κ1) is 16.2. The summed E-state index contributed by atoms with van der Waals surface area (Å²) in [5.41, 5.74) is 0.791. The second kappa shape index (κ2) is 7.20. The summed E-state index contributed by atoms with van der Waals surface area (Å²) in [5.74, 6) is 0.754. The number of hydrogen-bond donors (Lipinski definition) is 2. The van der Waals surface area contributed by atoms with Crippen molar-refractivity contribution in [2.75, 3.05) is 30.9 Å². The molecule has 1 saturated heterocycles. The third-order valence-electron chi connectivity index (χ3n) is 3.63. The fourth-order valence-electron chi connectivity index (χ4n) is 2.56. The molecule has 0 radical (unpaired) electrons. The summed E-state index contributed by atoms with van der Waals surface area (Å²) in [7, 11) is -3.52. The molecule has 118 valence electrons. The Hall–Kier alpha value is -1.18. The van der Waals surface area contributed by atoms with Gasteiger partial charge in [-0.15, -0.1) is 0 Å². The van der Waals surface area contributed by atoms with Gasteiger partial charge in [0.1, 0.15) is 5.82 Å². The van der Waals surface area contributed by atoms with Crippen LogP contribution in [0.1, 0.15) is 25.5 Å². The molecule has 1 atom stereocenters. The van der Waals surface area contributed by atoms with Crippen LogP contribution in [0.5, 0.6) is 0 Å². The molecule has 1 aromatic heterocycles. The predicted octanol–water partition coefficient (Wildman–Crippen LogP) is 1.37. The molecule has 21 heavy (non-hydrogen) atoms. The van der Waals surface area contributed by atoms with E-state index in [4.69, 9.17) is 0 Å². The van der Waals surface area contributed by atoms with Gasteiger partial charge in [-0.3, -0.25) is 4.72 Å². The molecule has 0 aromatic carbocycles. The first-order chi connectivity index (χ1) is 10.0. The first-order valence-electron chi connectivity index (χ1n) is 7.43. The average Bonchev–Trinajstić information content (AvgIpc) is 2.45. The van der Waals surface area contributed by atoms with Gasteiger partial charge >= 0.3 is 10.2 Å². The van der Waals surface area contributed by atoms with Gasteiger partial charge in [0.2, 0.25) is 0 Å². The molecular weight excluding hydrogens is 288 g/mol. The van der Waals surface area contributed by atoms with E-state index in [1.807, 2.05) is 13.0 Å². The molecule has 1 aliphatic rings. The van der Waals surface area contributed by atoms with Crippen LogP contribution in [0.15, 0.2) is 18.2 Å². The summed E-state index contributed by atoms with van der Waals surface area (Å²) in [5, 5.41) is 3.29. The SMILES string of the molecule is CCNCC1CCCN(S(=O)(=O)Nc2cccc(C)n2)C1. The number of rotatable bonds is 6. The molecule has 1 fully saturated rings. The first-order valence-corrected chi connectivity index (χ1v) is 8.87. The van der Waals surface area contributed by atoms with Gasteiger partial charge in [0, 0.05) is 18.8 Å². The summed E-state index contributed by atoms with van der Waals surface area (Å²) in [6.07, 6.45) is 1.97. The zero-order valence-corrected chi connectivity index (χ0v) is 13.5. The Labute approximate surface area is 127 Å². The molecule has 0 spiro atoms. The third-order valence-corrected chi connectivity index (χ3v) is 5.11. The van der Waals surface area contributed by atoms with Crippen molar-refractivity contribution in [1.82, 2.24) is 14.6 Å². The fraction of sp³-hybridized carbons (Fsp3) is 0.643. The second-order valence-corrected chi connectivity index (χ2v) is 7.12. The summed E-state index contributed by atoms with van der Waals surface area (Å²) >= 11 is 0. The third kappa shape index (κ3) is 4.66. The summed E-state index contributed by atoms with van der Waals surface area (Å²) in [4.78, 5) is 4.19.